The quantitative estimate of drug-likeness (QED) is 0.831. The predicted octanol–water partition coefficient (Wildman–Crippen LogP) is 3.60. The monoisotopic (exact) mass is 373 g/mol. The summed E-state index contributed by atoms with van der Waals surface area (Å²) in [5.74, 6) is -0.764. The fraction of sp³-hybridized carbons (Fsp3) is 0.188. The Morgan fingerprint density at radius 1 is 1.12 bits per heavy atom. The standard InChI is InChI=1S/C16H14F3NO4S/c1-10-5-3-8-13(14(10)15(21)24-2)20-25(22,23)12-7-4-6-11(9-12)16(17,18)19/h3-9,20H,1-2H3. The van der Waals surface area contributed by atoms with Gasteiger partial charge in [-0.25, -0.2) is 13.2 Å². The summed E-state index contributed by atoms with van der Waals surface area (Å²) < 4.78 is 69.9. The van der Waals surface area contributed by atoms with Crippen molar-refractivity contribution in [3.05, 3.63) is 59.2 Å². The molecule has 0 aliphatic carbocycles. The van der Waals surface area contributed by atoms with Crippen molar-refractivity contribution >= 4 is 21.7 Å². The number of sulfonamides is 1. The molecule has 0 heterocycles. The smallest absolute Gasteiger partial charge is 0.416 e. The molecule has 2 rings (SSSR count). The molecular formula is C16H14F3NO4S. The van der Waals surface area contributed by atoms with Crippen LogP contribution in [-0.4, -0.2) is 21.5 Å². The number of halogens is 3. The van der Waals surface area contributed by atoms with Crippen molar-refractivity contribution in [2.45, 2.75) is 18.0 Å². The summed E-state index contributed by atoms with van der Waals surface area (Å²) in [6.07, 6.45) is -4.67. The van der Waals surface area contributed by atoms with Crippen LogP contribution in [0.25, 0.3) is 0 Å². The highest BCUT2D eigenvalue weighted by Crippen LogP contribution is 2.31. The number of alkyl halides is 3. The van der Waals surface area contributed by atoms with E-state index in [-0.39, 0.29) is 11.3 Å². The Labute approximate surface area is 142 Å². The van der Waals surface area contributed by atoms with Crippen LogP contribution in [0, 0.1) is 6.92 Å². The first-order chi connectivity index (χ1) is 11.6. The van der Waals surface area contributed by atoms with E-state index >= 15 is 0 Å². The van der Waals surface area contributed by atoms with Gasteiger partial charge in [-0.15, -0.1) is 0 Å². The molecule has 2 aromatic rings. The molecule has 25 heavy (non-hydrogen) atoms. The van der Waals surface area contributed by atoms with E-state index in [1.165, 1.54) is 12.1 Å². The van der Waals surface area contributed by atoms with Crippen LogP contribution in [0.15, 0.2) is 47.4 Å². The Kier molecular flexibility index (Phi) is 5.07. The maximum atomic E-state index is 12.8. The molecule has 0 fully saturated rings. The second-order valence-electron chi connectivity index (χ2n) is 5.12. The van der Waals surface area contributed by atoms with E-state index in [1.54, 1.807) is 13.0 Å². The lowest BCUT2D eigenvalue weighted by atomic mass is 10.1. The van der Waals surface area contributed by atoms with E-state index in [4.69, 9.17) is 0 Å². The van der Waals surface area contributed by atoms with Gasteiger partial charge in [0.1, 0.15) is 0 Å². The first-order valence-electron chi connectivity index (χ1n) is 6.94. The first-order valence-corrected chi connectivity index (χ1v) is 8.42. The number of carbonyl (C=O) groups is 1. The molecule has 0 saturated heterocycles. The van der Waals surface area contributed by atoms with E-state index in [9.17, 15) is 26.4 Å². The number of hydrogen-bond acceptors (Lipinski definition) is 4. The van der Waals surface area contributed by atoms with Gasteiger partial charge in [0.15, 0.2) is 0 Å². The number of ether oxygens (including phenoxy) is 1. The second-order valence-corrected chi connectivity index (χ2v) is 6.80. The number of esters is 1. The molecule has 0 radical (unpaired) electrons. The highest BCUT2D eigenvalue weighted by molar-refractivity contribution is 7.92. The minimum absolute atomic E-state index is 0.0134. The van der Waals surface area contributed by atoms with Crippen molar-refractivity contribution in [2.75, 3.05) is 11.8 Å². The van der Waals surface area contributed by atoms with Gasteiger partial charge in [0.2, 0.25) is 0 Å². The van der Waals surface area contributed by atoms with Crippen LogP contribution in [0.5, 0.6) is 0 Å². The first kappa shape index (κ1) is 18.8. The van der Waals surface area contributed by atoms with E-state index in [0.29, 0.717) is 11.6 Å². The van der Waals surface area contributed by atoms with Crippen molar-refractivity contribution in [1.29, 1.82) is 0 Å². The molecule has 9 heteroatoms. The number of aryl methyl sites for hydroxylation is 1. The Hall–Kier alpha value is -2.55. The molecule has 0 amide bonds. The third kappa shape index (κ3) is 4.11. The second kappa shape index (κ2) is 6.75. The highest BCUT2D eigenvalue weighted by atomic mass is 32.2. The normalized spacial score (nSPS) is 11.9. The number of nitrogens with one attached hydrogen (secondary N) is 1. The van der Waals surface area contributed by atoms with Crippen LogP contribution in [0.3, 0.4) is 0 Å². The Morgan fingerprint density at radius 2 is 1.76 bits per heavy atom. The summed E-state index contributed by atoms with van der Waals surface area (Å²) in [6.45, 7) is 1.58. The predicted molar refractivity (Wildman–Crippen MR) is 84.8 cm³/mol. The van der Waals surface area contributed by atoms with Gasteiger partial charge in [0.25, 0.3) is 10.0 Å². The topological polar surface area (TPSA) is 72.5 Å². The van der Waals surface area contributed by atoms with Gasteiger partial charge < -0.3 is 4.74 Å². The average molecular weight is 373 g/mol. The van der Waals surface area contributed by atoms with Gasteiger partial charge in [-0.3, -0.25) is 4.72 Å². The molecule has 0 unspecified atom stereocenters. The summed E-state index contributed by atoms with van der Waals surface area (Å²) in [5.41, 5.74) is -0.728. The molecule has 0 aliphatic heterocycles. The number of hydrogen-bond donors (Lipinski definition) is 1. The number of rotatable bonds is 4. The molecule has 0 bridgehead atoms. The fourth-order valence-electron chi connectivity index (χ4n) is 2.17. The summed E-state index contributed by atoms with van der Waals surface area (Å²) >= 11 is 0. The number of anilines is 1. The third-order valence-electron chi connectivity index (χ3n) is 3.38. The molecule has 0 saturated carbocycles. The Bertz CT molecular complexity index is 908. The van der Waals surface area contributed by atoms with E-state index in [2.05, 4.69) is 9.46 Å². The Morgan fingerprint density at radius 3 is 2.36 bits per heavy atom. The number of benzene rings is 2. The minimum Gasteiger partial charge on any atom is -0.465 e. The zero-order valence-electron chi connectivity index (χ0n) is 13.2. The minimum atomic E-state index is -4.67. The maximum absolute atomic E-state index is 12.8. The highest BCUT2D eigenvalue weighted by Gasteiger charge is 2.32. The van der Waals surface area contributed by atoms with Gasteiger partial charge in [-0.1, -0.05) is 18.2 Å². The van der Waals surface area contributed by atoms with Crippen molar-refractivity contribution in [3.8, 4) is 0 Å². The van der Waals surface area contributed by atoms with Crippen LogP contribution in [-0.2, 0) is 20.9 Å². The Balaban J connectivity index is 2.48. The largest absolute Gasteiger partial charge is 0.465 e. The summed E-state index contributed by atoms with van der Waals surface area (Å²) in [5, 5.41) is 0. The van der Waals surface area contributed by atoms with Gasteiger partial charge in [0, 0.05) is 0 Å². The lowest BCUT2D eigenvalue weighted by Gasteiger charge is -2.14. The zero-order chi connectivity index (χ0) is 18.8. The van der Waals surface area contributed by atoms with E-state index < -0.39 is 32.6 Å². The molecule has 2 aromatic carbocycles. The molecule has 0 spiro atoms. The summed E-state index contributed by atoms with van der Waals surface area (Å²) in [6, 6.07) is 7.73. The van der Waals surface area contributed by atoms with Crippen LogP contribution < -0.4 is 4.72 Å². The van der Waals surface area contributed by atoms with Gasteiger partial charge in [-0.05, 0) is 36.8 Å². The van der Waals surface area contributed by atoms with Crippen LogP contribution in [0.1, 0.15) is 21.5 Å². The van der Waals surface area contributed by atoms with Crippen LogP contribution >= 0.6 is 0 Å². The fourth-order valence-corrected chi connectivity index (χ4v) is 3.29. The van der Waals surface area contributed by atoms with Crippen molar-refractivity contribution in [3.63, 3.8) is 0 Å². The zero-order valence-corrected chi connectivity index (χ0v) is 14.0. The van der Waals surface area contributed by atoms with E-state index in [0.717, 1.165) is 25.3 Å². The molecule has 5 nitrogen and oxygen atoms in total. The molecule has 0 aliphatic rings. The van der Waals surface area contributed by atoms with Gasteiger partial charge >= 0.3 is 12.1 Å². The molecular weight excluding hydrogens is 359 g/mol. The molecule has 134 valence electrons. The summed E-state index contributed by atoms with van der Waals surface area (Å²) in [7, 11) is -3.20. The molecule has 1 N–H and O–H groups in total. The number of methoxy groups -OCH3 is 1. The molecule has 0 atom stereocenters. The lowest BCUT2D eigenvalue weighted by molar-refractivity contribution is -0.137. The van der Waals surface area contributed by atoms with Gasteiger partial charge in [-0.2, -0.15) is 13.2 Å². The van der Waals surface area contributed by atoms with Crippen molar-refractivity contribution in [1.82, 2.24) is 0 Å². The third-order valence-corrected chi connectivity index (χ3v) is 4.74. The van der Waals surface area contributed by atoms with Crippen LogP contribution in [0.4, 0.5) is 18.9 Å². The van der Waals surface area contributed by atoms with Crippen molar-refractivity contribution in [2.24, 2.45) is 0 Å². The summed E-state index contributed by atoms with van der Waals surface area (Å²) in [4.78, 5) is 11.3. The number of carbonyl (C=O) groups excluding carboxylic acids is 1. The van der Waals surface area contributed by atoms with Crippen LogP contribution in [0.2, 0.25) is 0 Å². The average Bonchev–Trinajstić information content (AvgIpc) is 2.53. The van der Waals surface area contributed by atoms with Gasteiger partial charge in [0.05, 0.1) is 28.8 Å². The lowest BCUT2D eigenvalue weighted by Crippen LogP contribution is -2.17. The van der Waals surface area contributed by atoms with E-state index in [1.807, 2.05) is 0 Å². The SMILES string of the molecule is COC(=O)c1c(C)cccc1NS(=O)(=O)c1cccc(C(F)(F)F)c1. The molecule has 0 aromatic heterocycles. The maximum Gasteiger partial charge on any atom is 0.416 e. The van der Waals surface area contributed by atoms with Crippen molar-refractivity contribution < 1.29 is 31.1 Å².